The van der Waals surface area contributed by atoms with Gasteiger partial charge in [0.1, 0.15) is 22.9 Å². The van der Waals surface area contributed by atoms with Gasteiger partial charge in [-0.25, -0.2) is 0 Å². The van der Waals surface area contributed by atoms with E-state index in [9.17, 15) is 0 Å². The van der Waals surface area contributed by atoms with Crippen LogP contribution in [0.2, 0.25) is 0 Å². The monoisotopic (exact) mass is 785 g/mol. The molecular weight excluding hydrogens is 755 g/mol. The van der Waals surface area contributed by atoms with E-state index in [1.54, 1.807) is 11.3 Å². The molecule has 4 aromatic heterocycles. The van der Waals surface area contributed by atoms with Gasteiger partial charge in [-0.1, -0.05) is 133 Å². The van der Waals surface area contributed by atoms with Gasteiger partial charge < -0.3 is 18.7 Å². The van der Waals surface area contributed by atoms with Gasteiger partial charge in [-0.05, 0) is 63.5 Å². The lowest BCUT2D eigenvalue weighted by Gasteiger charge is -2.22. The van der Waals surface area contributed by atoms with Crippen LogP contribution in [-0.2, 0) is 0 Å². The number of furan rings is 2. The second-order valence-corrected chi connectivity index (χ2v) is 16.8. The van der Waals surface area contributed by atoms with E-state index in [2.05, 4.69) is 186 Å². The van der Waals surface area contributed by atoms with Crippen LogP contribution in [0.4, 0.5) is 0 Å². The Bertz CT molecular complexity index is 4110. The Morgan fingerprint density at radius 3 is 2.12 bits per heavy atom. The molecule has 6 heteroatoms. The lowest BCUT2D eigenvalue weighted by atomic mass is 9.97. The highest BCUT2D eigenvalue weighted by atomic mass is 32.1. The van der Waals surface area contributed by atoms with Gasteiger partial charge in [0.2, 0.25) is 0 Å². The Kier molecular flexibility index (Phi) is 6.43. The zero-order chi connectivity index (χ0) is 39.1. The number of nitrogens with one attached hydrogen (secondary N) is 1. The third-order valence-corrected chi connectivity index (χ3v) is 13.8. The molecule has 0 fully saturated rings. The molecule has 0 saturated heterocycles. The molecule has 1 unspecified atom stereocenters. The fraction of sp³-hybridized carbons (Fsp3) is 0.0185. The average Bonchev–Trinajstić information content (AvgIpc) is 4.08. The minimum atomic E-state index is -0.324. The molecule has 13 aromatic rings. The zero-order valence-corrected chi connectivity index (χ0v) is 32.8. The number of fused-ring (bicyclic) bond motifs is 18. The number of hydrogen-bond donors (Lipinski definition) is 1. The van der Waals surface area contributed by atoms with Crippen LogP contribution in [0.15, 0.2) is 190 Å². The quantitative estimate of drug-likeness (QED) is 0.194. The molecular formula is C54H31N3O2S. The Morgan fingerprint density at radius 1 is 0.517 bits per heavy atom. The minimum absolute atomic E-state index is 0.324. The third kappa shape index (κ3) is 4.32. The van der Waals surface area contributed by atoms with Crippen molar-refractivity contribution < 1.29 is 8.83 Å². The number of hydrogen-bond acceptors (Lipinski definition) is 5. The van der Waals surface area contributed by atoms with E-state index in [0.717, 1.165) is 87.3 Å². The summed E-state index contributed by atoms with van der Waals surface area (Å²) in [6, 6.07) is 62.6. The largest absolute Gasteiger partial charge is 0.456 e. The Balaban J connectivity index is 1.04. The van der Waals surface area contributed by atoms with Gasteiger partial charge in [0.25, 0.3) is 0 Å². The smallest absolute Gasteiger partial charge is 0.160 e. The van der Waals surface area contributed by atoms with Crippen molar-refractivity contribution in [3.05, 3.63) is 197 Å². The van der Waals surface area contributed by atoms with Crippen LogP contribution in [0.3, 0.4) is 0 Å². The predicted octanol–water partition coefficient (Wildman–Crippen LogP) is 13.2. The Labute approximate surface area is 345 Å². The molecule has 9 aromatic carbocycles. The summed E-state index contributed by atoms with van der Waals surface area (Å²) >= 11 is 1.79. The highest BCUT2D eigenvalue weighted by Gasteiger charge is 2.27. The van der Waals surface area contributed by atoms with Crippen LogP contribution in [0, 0.1) is 0 Å². The highest BCUT2D eigenvalue weighted by Crippen LogP contribution is 2.48. The number of aromatic nitrogens is 1. The number of nitrogens with zero attached hydrogens (tertiary/aromatic N) is 2. The second kappa shape index (κ2) is 11.9. The first-order chi connectivity index (χ1) is 29.8. The maximum absolute atomic E-state index is 6.92. The first kappa shape index (κ1) is 32.3. The van der Waals surface area contributed by atoms with Gasteiger partial charge in [0.05, 0.1) is 32.3 Å². The van der Waals surface area contributed by atoms with Crippen LogP contribution in [0.25, 0.3) is 109 Å². The van der Waals surface area contributed by atoms with Crippen molar-refractivity contribution in [2.45, 2.75) is 6.17 Å². The lowest BCUT2D eigenvalue weighted by Crippen LogP contribution is -2.37. The SMILES string of the molecule is c1ccc(C2=c3sc4ccccc4c3=NC(c3cccc4oc5cc(-n6c7ccc8ccccc8c7c7c8ccccc8c8c9ccccc9oc8c76)ccc5c34)N2)cc1. The molecule has 0 aliphatic carbocycles. The Morgan fingerprint density at radius 2 is 1.23 bits per heavy atom. The summed E-state index contributed by atoms with van der Waals surface area (Å²) in [5, 5.41) is 17.7. The van der Waals surface area contributed by atoms with Crippen molar-refractivity contribution in [1.29, 1.82) is 0 Å². The normalized spacial score (nSPS) is 14.4. The number of benzene rings is 9. The molecule has 1 N–H and O–H groups in total. The van der Waals surface area contributed by atoms with Crippen LogP contribution in [0.5, 0.6) is 0 Å². The van der Waals surface area contributed by atoms with E-state index in [-0.39, 0.29) is 6.17 Å². The highest BCUT2D eigenvalue weighted by molar-refractivity contribution is 7.17. The van der Waals surface area contributed by atoms with E-state index in [1.807, 2.05) is 0 Å². The van der Waals surface area contributed by atoms with Crippen molar-refractivity contribution in [3.8, 4) is 5.69 Å². The van der Waals surface area contributed by atoms with Crippen molar-refractivity contribution in [2.24, 2.45) is 4.99 Å². The maximum Gasteiger partial charge on any atom is 0.160 e. The van der Waals surface area contributed by atoms with Crippen LogP contribution in [0.1, 0.15) is 17.3 Å². The van der Waals surface area contributed by atoms with Gasteiger partial charge in [0, 0.05) is 54.0 Å². The van der Waals surface area contributed by atoms with Crippen LogP contribution in [-0.4, -0.2) is 4.57 Å². The number of thiophene rings is 1. The molecule has 0 saturated carbocycles. The molecule has 0 amide bonds. The average molecular weight is 786 g/mol. The van der Waals surface area contributed by atoms with E-state index >= 15 is 0 Å². The molecule has 1 aliphatic rings. The van der Waals surface area contributed by atoms with Gasteiger partial charge in [-0.15, -0.1) is 11.3 Å². The fourth-order valence-corrected chi connectivity index (χ4v) is 11.3. The van der Waals surface area contributed by atoms with E-state index in [4.69, 9.17) is 13.8 Å². The summed E-state index contributed by atoms with van der Waals surface area (Å²) in [6.45, 7) is 0. The summed E-state index contributed by atoms with van der Waals surface area (Å²) in [5.74, 6) is 0. The zero-order valence-electron chi connectivity index (χ0n) is 31.9. The minimum Gasteiger partial charge on any atom is -0.456 e. The predicted molar refractivity (Wildman–Crippen MR) is 248 cm³/mol. The molecule has 280 valence electrons. The van der Waals surface area contributed by atoms with E-state index < -0.39 is 0 Å². The Hall–Kier alpha value is -7.67. The van der Waals surface area contributed by atoms with Crippen molar-refractivity contribution in [3.63, 3.8) is 0 Å². The molecule has 1 atom stereocenters. The maximum atomic E-state index is 6.92. The van der Waals surface area contributed by atoms with E-state index in [1.165, 1.54) is 42.4 Å². The lowest BCUT2D eigenvalue weighted by molar-refractivity contribution is 0.640. The number of rotatable bonds is 3. The molecule has 5 nitrogen and oxygen atoms in total. The standard InChI is InChI=1S/C54H31N3O2S/c1-2-14-31(15-3-1)49-53-50(38-20-9-11-24-44(38)60-53)56-54(55-49)39-21-12-23-42-45(39)37-27-26-32(29-43(37)58-42)57-40-28-25-30-13-4-5-16-33(30)47(40)48-35-18-7-6-17-34(35)46-36-19-8-10-22-41(36)59-52(46)51(48)57/h1-29,54-55H. The van der Waals surface area contributed by atoms with Gasteiger partial charge in [0.15, 0.2) is 5.58 Å². The summed E-state index contributed by atoms with van der Waals surface area (Å²) in [4.78, 5) is 5.46. The fourth-order valence-electron chi connectivity index (χ4n) is 10.1. The summed E-state index contributed by atoms with van der Waals surface area (Å²) < 4.78 is 18.6. The molecule has 0 bridgehead atoms. The third-order valence-electron chi connectivity index (χ3n) is 12.6. The molecule has 60 heavy (non-hydrogen) atoms. The van der Waals surface area contributed by atoms with Gasteiger partial charge in [-0.3, -0.25) is 4.99 Å². The van der Waals surface area contributed by atoms with Gasteiger partial charge >= 0.3 is 0 Å². The second-order valence-electron chi connectivity index (χ2n) is 15.8. The molecule has 1 aliphatic heterocycles. The molecule has 14 rings (SSSR count). The summed E-state index contributed by atoms with van der Waals surface area (Å²) in [5.41, 5.74) is 9.90. The van der Waals surface area contributed by atoms with E-state index in [0.29, 0.717) is 0 Å². The molecule has 0 radical (unpaired) electrons. The molecule has 0 spiro atoms. The van der Waals surface area contributed by atoms with Crippen molar-refractivity contribution >= 4 is 114 Å². The van der Waals surface area contributed by atoms with Crippen LogP contribution < -0.4 is 15.2 Å². The number of para-hydroxylation sites is 1. The van der Waals surface area contributed by atoms with Crippen molar-refractivity contribution in [2.75, 3.05) is 0 Å². The summed E-state index contributed by atoms with van der Waals surface area (Å²) in [6.07, 6.45) is -0.324. The van der Waals surface area contributed by atoms with Crippen LogP contribution >= 0.6 is 11.3 Å². The first-order valence-electron chi connectivity index (χ1n) is 20.3. The first-order valence-corrected chi connectivity index (χ1v) is 21.1. The summed E-state index contributed by atoms with van der Waals surface area (Å²) in [7, 11) is 0. The molecule has 5 heterocycles. The van der Waals surface area contributed by atoms with Gasteiger partial charge in [-0.2, -0.15) is 0 Å². The topological polar surface area (TPSA) is 55.6 Å². The van der Waals surface area contributed by atoms with Crippen molar-refractivity contribution in [1.82, 2.24) is 9.88 Å².